The van der Waals surface area contributed by atoms with Crippen LogP contribution in [0.25, 0.3) is 0 Å². The van der Waals surface area contributed by atoms with Gasteiger partial charge in [-0.05, 0) is 70.3 Å². The molecule has 1 amide bonds. The lowest BCUT2D eigenvalue weighted by atomic mass is 9.97. The molecule has 2 aliphatic rings. The van der Waals surface area contributed by atoms with E-state index in [0.29, 0.717) is 18.7 Å². The van der Waals surface area contributed by atoms with Crippen LogP contribution < -0.4 is 9.47 Å². The van der Waals surface area contributed by atoms with Crippen molar-refractivity contribution >= 4 is 6.09 Å². The second kappa shape index (κ2) is 11.6. The molecule has 0 aromatic heterocycles. The summed E-state index contributed by atoms with van der Waals surface area (Å²) in [5, 5.41) is 0. The molecule has 3 rings (SSSR count). The molecule has 0 aliphatic carbocycles. The van der Waals surface area contributed by atoms with Gasteiger partial charge < -0.3 is 24.0 Å². The molecule has 2 heterocycles. The first-order valence-electron chi connectivity index (χ1n) is 11.6. The van der Waals surface area contributed by atoms with Crippen LogP contribution in [0.4, 0.5) is 4.79 Å². The molecule has 174 valence electrons. The minimum Gasteiger partial charge on any atom is -0.493 e. The van der Waals surface area contributed by atoms with Crippen molar-refractivity contribution in [3.8, 4) is 11.5 Å². The van der Waals surface area contributed by atoms with Crippen LogP contribution in [0.15, 0.2) is 18.2 Å². The van der Waals surface area contributed by atoms with Gasteiger partial charge >= 0.3 is 6.09 Å². The van der Waals surface area contributed by atoms with Gasteiger partial charge in [0, 0.05) is 38.3 Å². The quantitative estimate of drug-likeness (QED) is 0.627. The number of benzene rings is 1. The number of methoxy groups -OCH3 is 2. The van der Waals surface area contributed by atoms with Crippen LogP contribution in [0.1, 0.15) is 38.2 Å². The first-order valence-corrected chi connectivity index (χ1v) is 11.6. The normalized spacial score (nSPS) is 20.7. The van der Waals surface area contributed by atoms with E-state index >= 15 is 0 Å². The topological polar surface area (TPSA) is 54.5 Å². The van der Waals surface area contributed by atoms with Crippen LogP contribution in [0, 0.1) is 0 Å². The number of carbonyl (C=O) groups is 1. The maximum Gasteiger partial charge on any atom is 0.409 e. The molecular weight excluding hydrogens is 394 g/mol. The Labute approximate surface area is 187 Å². The highest BCUT2D eigenvalue weighted by Gasteiger charge is 2.31. The van der Waals surface area contributed by atoms with Gasteiger partial charge in [0.15, 0.2) is 11.5 Å². The minimum atomic E-state index is -0.160. The Morgan fingerprint density at radius 1 is 1.10 bits per heavy atom. The standard InChI is InChI=1S/C24H39N3O4/c1-5-31-24(28)26-15-11-20(12-16-26)27-13-6-7-21(18-27)25(2)14-10-19-8-9-22(29-3)23(17-19)30-4/h8-9,17,20-21H,5-7,10-16,18H2,1-4H3. The largest absolute Gasteiger partial charge is 0.493 e. The van der Waals surface area contributed by atoms with Crippen LogP contribution in [-0.2, 0) is 11.2 Å². The van der Waals surface area contributed by atoms with Crippen molar-refractivity contribution in [1.82, 2.24) is 14.7 Å². The first-order chi connectivity index (χ1) is 15.0. The Hall–Kier alpha value is -1.99. The number of hydrogen-bond donors (Lipinski definition) is 0. The zero-order chi connectivity index (χ0) is 22.2. The lowest BCUT2D eigenvalue weighted by Gasteiger charge is -2.44. The summed E-state index contributed by atoms with van der Waals surface area (Å²) in [6, 6.07) is 7.35. The summed E-state index contributed by atoms with van der Waals surface area (Å²) in [5.41, 5.74) is 1.27. The van der Waals surface area contributed by atoms with Crippen molar-refractivity contribution < 1.29 is 19.0 Å². The van der Waals surface area contributed by atoms with Crippen LogP contribution in [0.3, 0.4) is 0 Å². The van der Waals surface area contributed by atoms with Crippen LogP contribution in [0.5, 0.6) is 11.5 Å². The lowest BCUT2D eigenvalue weighted by molar-refractivity contribution is 0.0455. The molecule has 7 heteroatoms. The van der Waals surface area contributed by atoms with Crippen LogP contribution in [0.2, 0.25) is 0 Å². The van der Waals surface area contributed by atoms with E-state index in [4.69, 9.17) is 14.2 Å². The molecule has 1 aromatic rings. The summed E-state index contributed by atoms with van der Waals surface area (Å²) in [4.78, 5) is 19.0. The molecule has 7 nitrogen and oxygen atoms in total. The molecule has 1 atom stereocenters. The van der Waals surface area contributed by atoms with Crippen molar-refractivity contribution in [1.29, 1.82) is 0 Å². The highest BCUT2D eigenvalue weighted by atomic mass is 16.6. The van der Waals surface area contributed by atoms with Gasteiger partial charge in [-0.25, -0.2) is 4.79 Å². The zero-order valence-electron chi connectivity index (χ0n) is 19.6. The number of piperidine rings is 2. The molecule has 31 heavy (non-hydrogen) atoms. The number of likely N-dealkylation sites (tertiary alicyclic amines) is 2. The maximum absolute atomic E-state index is 12.0. The predicted octanol–water partition coefficient (Wildman–Crippen LogP) is 3.26. The Bertz CT molecular complexity index is 706. The summed E-state index contributed by atoms with van der Waals surface area (Å²) in [7, 11) is 5.60. The van der Waals surface area contributed by atoms with Crippen molar-refractivity contribution in [2.24, 2.45) is 0 Å². The lowest BCUT2D eigenvalue weighted by Crippen LogP contribution is -2.53. The highest BCUT2D eigenvalue weighted by Crippen LogP contribution is 2.28. The van der Waals surface area contributed by atoms with Gasteiger partial charge in [0.1, 0.15) is 0 Å². The molecule has 1 unspecified atom stereocenters. The number of hydrogen-bond acceptors (Lipinski definition) is 6. The molecule has 0 radical (unpaired) electrons. The number of rotatable bonds is 8. The fourth-order valence-electron chi connectivity index (χ4n) is 4.83. The fourth-order valence-corrected chi connectivity index (χ4v) is 4.83. The third-order valence-electron chi connectivity index (χ3n) is 6.76. The van der Waals surface area contributed by atoms with Gasteiger partial charge in [-0.15, -0.1) is 0 Å². The molecule has 0 spiro atoms. The Morgan fingerprint density at radius 2 is 1.84 bits per heavy atom. The van der Waals surface area contributed by atoms with Crippen LogP contribution in [-0.4, -0.2) is 93.5 Å². The first kappa shape index (κ1) is 23.7. The second-order valence-corrected chi connectivity index (χ2v) is 8.63. The van der Waals surface area contributed by atoms with E-state index in [0.717, 1.165) is 56.9 Å². The van der Waals surface area contributed by atoms with E-state index in [1.165, 1.54) is 24.9 Å². The van der Waals surface area contributed by atoms with Crippen LogP contribution >= 0.6 is 0 Å². The van der Waals surface area contributed by atoms with Gasteiger partial charge in [0.2, 0.25) is 0 Å². The summed E-state index contributed by atoms with van der Waals surface area (Å²) < 4.78 is 15.9. The third-order valence-corrected chi connectivity index (χ3v) is 6.76. The van der Waals surface area contributed by atoms with Gasteiger partial charge in [0.05, 0.1) is 20.8 Å². The van der Waals surface area contributed by atoms with Gasteiger partial charge in [-0.3, -0.25) is 4.90 Å². The molecule has 0 bridgehead atoms. The number of nitrogens with zero attached hydrogens (tertiary/aromatic N) is 3. The molecule has 0 saturated carbocycles. The average molecular weight is 434 g/mol. The Kier molecular flexibility index (Phi) is 8.84. The smallest absolute Gasteiger partial charge is 0.409 e. The molecule has 2 aliphatic heterocycles. The Morgan fingerprint density at radius 3 is 2.52 bits per heavy atom. The molecular formula is C24H39N3O4. The van der Waals surface area contributed by atoms with Crippen molar-refractivity contribution in [3.05, 3.63) is 23.8 Å². The fraction of sp³-hybridized carbons (Fsp3) is 0.708. The molecule has 1 aromatic carbocycles. The average Bonchev–Trinajstić information content (AvgIpc) is 2.82. The number of amides is 1. The molecule has 2 saturated heterocycles. The summed E-state index contributed by atoms with van der Waals surface area (Å²) >= 11 is 0. The van der Waals surface area contributed by atoms with Crippen molar-refractivity contribution in [2.75, 3.05) is 60.6 Å². The number of likely N-dealkylation sites (N-methyl/N-ethyl adjacent to an activating group) is 1. The van der Waals surface area contributed by atoms with E-state index in [1.807, 2.05) is 17.9 Å². The number of carbonyl (C=O) groups excluding carboxylic acids is 1. The monoisotopic (exact) mass is 433 g/mol. The van der Waals surface area contributed by atoms with E-state index in [1.54, 1.807) is 14.2 Å². The third kappa shape index (κ3) is 6.26. The van der Waals surface area contributed by atoms with Gasteiger partial charge in [-0.1, -0.05) is 6.07 Å². The Balaban J connectivity index is 1.47. The van der Waals surface area contributed by atoms with Gasteiger partial charge in [-0.2, -0.15) is 0 Å². The van der Waals surface area contributed by atoms with Crippen molar-refractivity contribution in [2.45, 2.75) is 51.1 Å². The van der Waals surface area contributed by atoms with E-state index in [2.05, 4.69) is 29.0 Å². The molecule has 2 fully saturated rings. The van der Waals surface area contributed by atoms with E-state index < -0.39 is 0 Å². The zero-order valence-corrected chi connectivity index (χ0v) is 19.6. The summed E-state index contributed by atoms with van der Waals surface area (Å²) in [6.45, 7) is 7.23. The van der Waals surface area contributed by atoms with Crippen molar-refractivity contribution in [3.63, 3.8) is 0 Å². The minimum absolute atomic E-state index is 0.160. The van der Waals surface area contributed by atoms with Gasteiger partial charge in [0.25, 0.3) is 0 Å². The predicted molar refractivity (Wildman–Crippen MR) is 122 cm³/mol. The molecule has 0 N–H and O–H groups in total. The number of ether oxygens (including phenoxy) is 3. The summed E-state index contributed by atoms with van der Waals surface area (Å²) in [5.74, 6) is 1.57. The highest BCUT2D eigenvalue weighted by molar-refractivity contribution is 5.67. The second-order valence-electron chi connectivity index (χ2n) is 8.63. The SMILES string of the molecule is CCOC(=O)N1CCC(N2CCCC(N(C)CCc3ccc(OC)c(OC)c3)C2)CC1. The van der Waals surface area contributed by atoms with E-state index in [9.17, 15) is 4.79 Å². The maximum atomic E-state index is 12.0. The van der Waals surface area contributed by atoms with E-state index in [-0.39, 0.29) is 6.09 Å². The summed E-state index contributed by atoms with van der Waals surface area (Å²) in [6.07, 6.45) is 5.41.